The van der Waals surface area contributed by atoms with Crippen LogP contribution in [0.5, 0.6) is 0 Å². The molecular weight excluding hydrogens is 314 g/mol. The molecule has 5 N–H and O–H groups in total. The Morgan fingerprint density at radius 3 is 2.48 bits per heavy atom. The molecule has 0 radical (unpaired) electrons. The van der Waals surface area contributed by atoms with Gasteiger partial charge in [-0.05, 0) is 0 Å². The van der Waals surface area contributed by atoms with Crippen molar-refractivity contribution in [3.05, 3.63) is 0 Å². The van der Waals surface area contributed by atoms with Crippen molar-refractivity contribution >= 4 is 16.8 Å². The van der Waals surface area contributed by atoms with Crippen LogP contribution in [0.3, 0.4) is 0 Å². The summed E-state index contributed by atoms with van der Waals surface area (Å²) in [5, 5.41) is 30.9. The Morgan fingerprint density at radius 2 is 1.95 bits per heavy atom. The Kier molecular flexibility index (Phi) is 6.89. The summed E-state index contributed by atoms with van der Waals surface area (Å²) >= 11 is 0. The van der Waals surface area contributed by atoms with E-state index < -0.39 is 47.7 Å². The molecular formula is C9H17NO10S. The molecule has 0 spiro atoms. The number of rotatable bonds is 8. The average Bonchev–Trinajstić information content (AvgIpc) is 2.40. The third-order valence-electron chi connectivity index (χ3n) is 2.67. The maximum Gasteiger partial charge on any atom is 0.397 e. The molecule has 0 unspecified atom stereocenters. The first-order chi connectivity index (χ1) is 9.80. The zero-order valence-electron chi connectivity index (χ0n) is 10.7. The van der Waals surface area contributed by atoms with Gasteiger partial charge in [-0.3, -0.25) is 9.35 Å². The summed E-state index contributed by atoms with van der Waals surface area (Å²) in [4.78, 5) is 10.0. The Bertz CT molecular complexity index is 428. The maximum atomic E-state index is 10.7. The van der Waals surface area contributed by atoms with Gasteiger partial charge in [0.05, 0.1) is 13.2 Å². The van der Waals surface area contributed by atoms with E-state index in [1.807, 2.05) is 0 Å². The second-order valence-corrected chi connectivity index (χ2v) is 5.19. The van der Waals surface area contributed by atoms with E-state index in [1.165, 1.54) is 0 Å². The Balaban J connectivity index is 2.73. The molecule has 1 rings (SSSR count). The quantitative estimate of drug-likeness (QED) is 0.170. The lowest BCUT2D eigenvalue weighted by Crippen LogP contribution is -2.60. The largest absolute Gasteiger partial charge is 0.397 e. The molecule has 1 aliphatic rings. The molecule has 1 fully saturated rings. The van der Waals surface area contributed by atoms with Crippen LogP contribution in [0.15, 0.2) is 0 Å². The highest BCUT2D eigenvalue weighted by Gasteiger charge is 2.47. The van der Waals surface area contributed by atoms with Crippen LogP contribution >= 0.6 is 0 Å². The van der Waals surface area contributed by atoms with E-state index in [0.717, 1.165) is 0 Å². The number of aliphatic hydroxyl groups excluding tert-OH is 3. The fourth-order valence-corrected chi connectivity index (χ4v) is 2.25. The van der Waals surface area contributed by atoms with Gasteiger partial charge in [0.25, 0.3) is 0 Å². The van der Waals surface area contributed by atoms with E-state index in [2.05, 4.69) is 9.50 Å². The minimum atomic E-state index is -4.95. The van der Waals surface area contributed by atoms with Gasteiger partial charge in [0.2, 0.25) is 6.41 Å². The van der Waals surface area contributed by atoms with Crippen molar-refractivity contribution in [1.82, 2.24) is 5.32 Å². The van der Waals surface area contributed by atoms with Crippen LogP contribution in [-0.4, -0.2) is 85.2 Å². The van der Waals surface area contributed by atoms with Crippen LogP contribution in [0.4, 0.5) is 0 Å². The van der Waals surface area contributed by atoms with Crippen LogP contribution < -0.4 is 5.32 Å². The predicted octanol–water partition coefficient (Wildman–Crippen LogP) is -3.62. The highest BCUT2D eigenvalue weighted by molar-refractivity contribution is 7.80. The van der Waals surface area contributed by atoms with Gasteiger partial charge < -0.3 is 30.1 Å². The number of amides is 1. The number of carbonyl (C=O) groups is 1. The molecule has 21 heavy (non-hydrogen) atoms. The Labute approximate surface area is 120 Å². The van der Waals surface area contributed by atoms with E-state index in [4.69, 9.17) is 19.1 Å². The smallest absolute Gasteiger partial charge is 0.394 e. The normalized spacial score (nSPS) is 33.6. The lowest BCUT2D eigenvalue weighted by atomic mass is 9.99. The van der Waals surface area contributed by atoms with E-state index in [1.54, 1.807) is 0 Å². The highest BCUT2D eigenvalue weighted by Crippen LogP contribution is 2.25. The summed E-state index contributed by atoms with van der Waals surface area (Å²) in [6.45, 7) is -0.703. The highest BCUT2D eigenvalue weighted by atomic mass is 32.3. The Hall–Kier alpha value is -0.860. The monoisotopic (exact) mass is 331 g/mol. The SMILES string of the molecule is O=CNCCO[C@@H]1O[C@H](CO)[C@H](O)[C@H](OS(=O)(=O)O)[C@H]1O. The molecule has 0 bridgehead atoms. The van der Waals surface area contributed by atoms with E-state index in [0.29, 0.717) is 6.41 Å². The number of carbonyl (C=O) groups excluding carboxylic acids is 1. The molecule has 0 aliphatic carbocycles. The summed E-state index contributed by atoms with van der Waals surface area (Å²) in [6, 6.07) is 0. The summed E-state index contributed by atoms with van der Waals surface area (Å²) in [7, 11) is -4.95. The minimum absolute atomic E-state index is 0.0895. The molecule has 124 valence electrons. The van der Waals surface area contributed by atoms with Crippen LogP contribution in [0.25, 0.3) is 0 Å². The van der Waals surface area contributed by atoms with E-state index in [9.17, 15) is 23.4 Å². The van der Waals surface area contributed by atoms with Crippen molar-refractivity contribution in [2.75, 3.05) is 19.8 Å². The predicted molar refractivity (Wildman–Crippen MR) is 64.2 cm³/mol. The third-order valence-corrected chi connectivity index (χ3v) is 3.13. The van der Waals surface area contributed by atoms with Gasteiger partial charge in [0.15, 0.2) is 6.29 Å². The topological polar surface area (TPSA) is 172 Å². The van der Waals surface area contributed by atoms with E-state index >= 15 is 0 Å². The molecule has 1 heterocycles. The van der Waals surface area contributed by atoms with Crippen LogP contribution in [0.2, 0.25) is 0 Å². The summed E-state index contributed by atoms with van der Waals surface area (Å²) in [5.41, 5.74) is 0. The molecule has 12 heteroatoms. The number of hydrogen-bond donors (Lipinski definition) is 5. The number of ether oxygens (including phenoxy) is 2. The number of nitrogens with one attached hydrogen (secondary N) is 1. The van der Waals surface area contributed by atoms with Gasteiger partial charge in [0, 0.05) is 6.54 Å². The average molecular weight is 331 g/mol. The van der Waals surface area contributed by atoms with Crippen molar-refractivity contribution in [3.63, 3.8) is 0 Å². The van der Waals surface area contributed by atoms with Gasteiger partial charge >= 0.3 is 10.4 Å². The summed E-state index contributed by atoms with van der Waals surface area (Å²) in [5.74, 6) is 0. The van der Waals surface area contributed by atoms with Crippen LogP contribution in [0.1, 0.15) is 0 Å². The Morgan fingerprint density at radius 1 is 1.29 bits per heavy atom. The van der Waals surface area contributed by atoms with Gasteiger partial charge in [-0.2, -0.15) is 8.42 Å². The van der Waals surface area contributed by atoms with Crippen LogP contribution in [0, 0.1) is 0 Å². The molecule has 0 aromatic rings. The standard InChI is InChI=1S/C9H17NO10S/c11-3-5-6(13)8(20-21(15,16)17)7(14)9(19-5)18-2-1-10-4-12/h4-9,11,13-14H,1-3H2,(H,10,12)(H,15,16,17)/t5-,6+,7-,8+,9-/m1/s1. The second-order valence-electron chi connectivity index (χ2n) is 4.14. The third kappa shape index (κ3) is 5.44. The first kappa shape index (κ1) is 18.2. The number of hydrogen-bond acceptors (Lipinski definition) is 9. The molecule has 0 saturated carbocycles. The molecule has 0 aromatic carbocycles. The molecule has 0 aromatic heterocycles. The zero-order valence-corrected chi connectivity index (χ0v) is 11.5. The van der Waals surface area contributed by atoms with Crippen molar-refractivity contribution < 1.29 is 46.7 Å². The zero-order chi connectivity index (χ0) is 16.0. The maximum absolute atomic E-state index is 10.7. The van der Waals surface area contributed by atoms with Gasteiger partial charge in [0.1, 0.15) is 24.4 Å². The van der Waals surface area contributed by atoms with Crippen molar-refractivity contribution in [1.29, 1.82) is 0 Å². The fraction of sp³-hybridized carbons (Fsp3) is 0.889. The molecule has 1 amide bonds. The molecule has 5 atom stereocenters. The van der Waals surface area contributed by atoms with Gasteiger partial charge in [-0.15, -0.1) is 0 Å². The van der Waals surface area contributed by atoms with E-state index in [-0.39, 0.29) is 13.2 Å². The van der Waals surface area contributed by atoms with Crippen molar-refractivity contribution in [3.8, 4) is 0 Å². The summed E-state index contributed by atoms with van der Waals surface area (Å²) < 4.78 is 44.3. The molecule has 11 nitrogen and oxygen atoms in total. The van der Waals surface area contributed by atoms with Gasteiger partial charge in [-0.1, -0.05) is 0 Å². The first-order valence-electron chi connectivity index (χ1n) is 5.87. The van der Waals surface area contributed by atoms with Crippen LogP contribution in [-0.2, 0) is 28.9 Å². The second kappa shape index (κ2) is 7.95. The summed E-state index contributed by atoms with van der Waals surface area (Å²) in [6.07, 6.45) is -7.53. The lowest BCUT2D eigenvalue weighted by molar-refractivity contribution is -0.296. The lowest BCUT2D eigenvalue weighted by Gasteiger charge is -2.40. The van der Waals surface area contributed by atoms with Crippen molar-refractivity contribution in [2.24, 2.45) is 0 Å². The van der Waals surface area contributed by atoms with Gasteiger partial charge in [-0.25, -0.2) is 4.18 Å². The van der Waals surface area contributed by atoms with Crippen molar-refractivity contribution in [2.45, 2.75) is 30.7 Å². The first-order valence-corrected chi connectivity index (χ1v) is 7.23. The molecule has 1 aliphatic heterocycles. The minimum Gasteiger partial charge on any atom is -0.394 e. The number of aliphatic hydroxyl groups is 3. The molecule has 1 saturated heterocycles. The fourth-order valence-electron chi connectivity index (χ4n) is 1.74.